The highest BCUT2D eigenvalue weighted by Gasteiger charge is 2.71. The van der Waals surface area contributed by atoms with Crippen molar-refractivity contribution in [3.63, 3.8) is 0 Å². The van der Waals surface area contributed by atoms with E-state index in [0.717, 1.165) is 12.8 Å². The molecule has 1 spiro atoms. The van der Waals surface area contributed by atoms with Gasteiger partial charge in [-0.3, -0.25) is 4.79 Å². The first-order chi connectivity index (χ1) is 8.79. The third-order valence-electron chi connectivity index (χ3n) is 4.88. The molecular weight excluding hydrogens is 224 g/mol. The molecule has 0 bridgehead atoms. The lowest BCUT2D eigenvalue weighted by molar-refractivity contribution is -0.145. The molecule has 3 aliphatic rings. The van der Waals surface area contributed by atoms with E-state index in [0.29, 0.717) is 12.5 Å². The van der Waals surface area contributed by atoms with Crippen molar-refractivity contribution in [2.45, 2.75) is 25.2 Å². The molecular formula is C16H16O2. The molecule has 0 heterocycles. The van der Waals surface area contributed by atoms with E-state index >= 15 is 0 Å². The first kappa shape index (κ1) is 10.4. The van der Waals surface area contributed by atoms with Crippen LogP contribution >= 0.6 is 0 Å². The Kier molecular flexibility index (Phi) is 1.87. The first-order valence-electron chi connectivity index (χ1n) is 6.76. The highest BCUT2D eigenvalue weighted by Crippen LogP contribution is 2.69. The maximum absolute atomic E-state index is 12.1. The van der Waals surface area contributed by atoms with E-state index in [-0.39, 0.29) is 17.3 Å². The van der Waals surface area contributed by atoms with Crippen LogP contribution in [0.15, 0.2) is 24.3 Å². The minimum atomic E-state index is -0.00305. The van der Waals surface area contributed by atoms with Crippen LogP contribution in [0.25, 0.3) is 6.08 Å². The number of hydrogen-bond acceptors (Lipinski definition) is 2. The summed E-state index contributed by atoms with van der Waals surface area (Å²) in [5.74, 6) is 0.447. The number of esters is 1. The summed E-state index contributed by atoms with van der Waals surface area (Å²) >= 11 is 0. The molecule has 1 aromatic carbocycles. The molecule has 0 aromatic heterocycles. The van der Waals surface area contributed by atoms with Crippen LogP contribution in [0.4, 0.5) is 0 Å². The molecule has 92 valence electrons. The zero-order chi connectivity index (χ0) is 12.3. The summed E-state index contributed by atoms with van der Waals surface area (Å²) in [7, 11) is 0. The van der Waals surface area contributed by atoms with E-state index < -0.39 is 0 Å². The molecule has 1 aromatic rings. The second-order valence-electron chi connectivity index (χ2n) is 5.54. The van der Waals surface area contributed by atoms with Crippen molar-refractivity contribution < 1.29 is 9.53 Å². The van der Waals surface area contributed by atoms with Gasteiger partial charge in [0.15, 0.2) is 0 Å². The zero-order valence-electron chi connectivity index (χ0n) is 10.5. The third kappa shape index (κ3) is 1.02. The molecule has 3 aliphatic carbocycles. The molecule has 4 rings (SSSR count). The summed E-state index contributed by atoms with van der Waals surface area (Å²) in [6.07, 6.45) is 6.63. The van der Waals surface area contributed by atoms with Crippen molar-refractivity contribution in [1.82, 2.24) is 0 Å². The van der Waals surface area contributed by atoms with Gasteiger partial charge in [-0.05, 0) is 36.5 Å². The predicted molar refractivity (Wildman–Crippen MR) is 69.1 cm³/mol. The summed E-state index contributed by atoms with van der Waals surface area (Å²) in [6.45, 7) is 2.36. The van der Waals surface area contributed by atoms with Crippen molar-refractivity contribution >= 4 is 12.0 Å². The summed E-state index contributed by atoms with van der Waals surface area (Å²) in [4.78, 5) is 12.1. The van der Waals surface area contributed by atoms with Gasteiger partial charge in [0, 0.05) is 11.3 Å². The fourth-order valence-corrected chi connectivity index (χ4v) is 4.19. The van der Waals surface area contributed by atoms with Gasteiger partial charge in [-0.2, -0.15) is 0 Å². The standard InChI is InChI=1S/C16H16O2/c1-2-18-15(17)14-12-7-6-10-4-3-5-11-8-9-16(12,14)13(10)11/h3-7,12,14H,2,8-9H2,1H3/t12-,14-,16+/m0/s1. The Morgan fingerprint density at radius 1 is 1.50 bits per heavy atom. The molecule has 0 radical (unpaired) electrons. The monoisotopic (exact) mass is 240 g/mol. The fourth-order valence-electron chi connectivity index (χ4n) is 4.19. The molecule has 0 aliphatic heterocycles. The van der Waals surface area contributed by atoms with Crippen molar-refractivity contribution in [1.29, 1.82) is 0 Å². The molecule has 2 nitrogen and oxygen atoms in total. The zero-order valence-corrected chi connectivity index (χ0v) is 10.5. The number of carbonyl (C=O) groups excluding carboxylic acids is 1. The smallest absolute Gasteiger partial charge is 0.310 e. The SMILES string of the molecule is CCOC(=O)[C@@H]1[C@@H]2C=Cc3cccc4c3[C@]12CC4. The van der Waals surface area contributed by atoms with Crippen LogP contribution in [-0.4, -0.2) is 12.6 Å². The van der Waals surface area contributed by atoms with Gasteiger partial charge in [-0.15, -0.1) is 0 Å². The van der Waals surface area contributed by atoms with E-state index in [1.54, 1.807) is 0 Å². The number of rotatable bonds is 2. The van der Waals surface area contributed by atoms with Crippen LogP contribution < -0.4 is 0 Å². The predicted octanol–water partition coefficient (Wildman–Crippen LogP) is 2.71. The topological polar surface area (TPSA) is 26.3 Å². The Morgan fingerprint density at radius 3 is 3.22 bits per heavy atom. The van der Waals surface area contributed by atoms with Gasteiger partial charge < -0.3 is 4.74 Å². The lowest BCUT2D eigenvalue weighted by Crippen LogP contribution is -2.16. The average Bonchev–Trinajstić information content (AvgIpc) is 2.89. The van der Waals surface area contributed by atoms with Crippen LogP contribution in [0.2, 0.25) is 0 Å². The first-order valence-corrected chi connectivity index (χ1v) is 6.76. The Morgan fingerprint density at radius 2 is 2.39 bits per heavy atom. The number of ether oxygens (including phenoxy) is 1. The number of aryl methyl sites for hydroxylation is 1. The molecule has 2 heteroatoms. The average molecular weight is 240 g/mol. The Balaban J connectivity index is 1.82. The normalized spacial score (nSPS) is 33.8. The van der Waals surface area contributed by atoms with Gasteiger partial charge in [0.25, 0.3) is 0 Å². The van der Waals surface area contributed by atoms with Crippen molar-refractivity contribution in [2.75, 3.05) is 6.61 Å². The van der Waals surface area contributed by atoms with Crippen LogP contribution in [-0.2, 0) is 21.4 Å². The van der Waals surface area contributed by atoms with E-state index in [2.05, 4.69) is 30.4 Å². The minimum Gasteiger partial charge on any atom is -0.466 e. The molecule has 0 unspecified atom stereocenters. The maximum Gasteiger partial charge on any atom is 0.310 e. The highest BCUT2D eigenvalue weighted by molar-refractivity contribution is 5.85. The molecule has 0 saturated heterocycles. The van der Waals surface area contributed by atoms with Crippen molar-refractivity contribution in [3.8, 4) is 0 Å². The Labute approximate surface area is 107 Å². The van der Waals surface area contributed by atoms with Crippen LogP contribution in [0.1, 0.15) is 30.0 Å². The summed E-state index contributed by atoms with van der Waals surface area (Å²) in [5.41, 5.74) is 4.28. The van der Waals surface area contributed by atoms with Crippen molar-refractivity contribution in [2.24, 2.45) is 11.8 Å². The van der Waals surface area contributed by atoms with Crippen LogP contribution in [0.5, 0.6) is 0 Å². The van der Waals surface area contributed by atoms with Crippen LogP contribution in [0, 0.1) is 11.8 Å². The Bertz CT molecular complexity index is 572. The summed E-state index contributed by atoms with van der Waals surface area (Å²) in [5, 5.41) is 0. The largest absolute Gasteiger partial charge is 0.466 e. The number of allylic oxidation sites excluding steroid dienone is 1. The van der Waals surface area contributed by atoms with Gasteiger partial charge in [0.05, 0.1) is 12.5 Å². The molecule has 0 N–H and O–H groups in total. The minimum absolute atomic E-state index is 0.00305. The third-order valence-corrected chi connectivity index (χ3v) is 4.88. The van der Waals surface area contributed by atoms with Crippen molar-refractivity contribution in [3.05, 3.63) is 41.0 Å². The molecule has 1 saturated carbocycles. The fraction of sp³-hybridized carbons (Fsp3) is 0.438. The van der Waals surface area contributed by atoms with Gasteiger partial charge >= 0.3 is 5.97 Å². The van der Waals surface area contributed by atoms with E-state index in [4.69, 9.17) is 4.74 Å². The second kappa shape index (κ2) is 3.25. The van der Waals surface area contributed by atoms with Gasteiger partial charge in [0.1, 0.15) is 0 Å². The Hall–Kier alpha value is -1.57. The molecule has 18 heavy (non-hydrogen) atoms. The van der Waals surface area contributed by atoms with E-state index in [1.807, 2.05) is 6.92 Å². The maximum atomic E-state index is 12.1. The highest BCUT2D eigenvalue weighted by atomic mass is 16.5. The lowest BCUT2D eigenvalue weighted by Gasteiger charge is -2.17. The number of carbonyl (C=O) groups is 1. The lowest BCUT2D eigenvalue weighted by atomic mass is 9.86. The van der Waals surface area contributed by atoms with Gasteiger partial charge in [-0.1, -0.05) is 30.4 Å². The summed E-state index contributed by atoms with van der Waals surface area (Å²) < 4.78 is 5.25. The number of hydrogen-bond donors (Lipinski definition) is 0. The summed E-state index contributed by atoms with van der Waals surface area (Å²) in [6, 6.07) is 6.50. The molecule has 1 fully saturated rings. The molecule has 3 atom stereocenters. The van der Waals surface area contributed by atoms with E-state index in [1.165, 1.54) is 16.7 Å². The van der Waals surface area contributed by atoms with Crippen LogP contribution in [0.3, 0.4) is 0 Å². The quantitative estimate of drug-likeness (QED) is 0.743. The molecule has 0 amide bonds. The second-order valence-corrected chi connectivity index (χ2v) is 5.54. The van der Waals surface area contributed by atoms with Gasteiger partial charge in [0.2, 0.25) is 0 Å². The van der Waals surface area contributed by atoms with Gasteiger partial charge in [-0.25, -0.2) is 0 Å². The van der Waals surface area contributed by atoms with E-state index in [9.17, 15) is 4.79 Å². The number of benzene rings is 1.